The second-order valence-corrected chi connectivity index (χ2v) is 13.0. The Kier molecular flexibility index (Phi) is 11.8. The van der Waals surface area contributed by atoms with Gasteiger partial charge in [0.15, 0.2) is 0 Å². The number of halogens is 3. The minimum absolute atomic E-state index is 0.0253. The number of aliphatic imine (C=N–C) groups is 1. The molecule has 46 heavy (non-hydrogen) atoms. The summed E-state index contributed by atoms with van der Waals surface area (Å²) in [5.41, 5.74) is 2.06. The Morgan fingerprint density at radius 3 is 2.54 bits per heavy atom. The van der Waals surface area contributed by atoms with Crippen molar-refractivity contribution in [2.45, 2.75) is 56.7 Å². The molecule has 0 spiro atoms. The molecule has 246 valence electrons. The lowest BCUT2D eigenvalue weighted by molar-refractivity contribution is 0.0413. The van der Waals surface area contributed by atoms with E-state index in [0.29, 0.717) is 45.4 Å². The molecule has 2 heterocycles. The van der Waals surface area contributed by atoms with Gasteiger partial charge < -0.3 is 24.6 Å². The maximum atomic E-state index is 14.7. The van der Waals surface area contributed by atoms with Gasteiger partial charge in [-0.2, -0.15) is 0 Å². The smallest absolute Gasteiger partial charge is 0.409 e. The number of carbonyl (C=O) groups is 2. The molecule has 1 unspecified atom stereocenters. The van der Waals surface area contributed by atoms with Gasteiger partial charge in [0, 0.05) is 50.6 Å². The van der Waals surface area contributed by atoms with Crippen LogP contribution in [0.2, 0.25) is 5.02 Å². The van der Waals surface area contributed by atoms with Crippen LogP contribution in [0.15, 0.2) is 53.7 Å². The van der Waals surface area contributed by atoms with Gasteiger partial charge in [0.25, 0.3) is 5.91 Å². The van der Waals surface area contributed by atoms with Crippen LogP contribution in [-0.2, 0) is 16.0 Å². The molecule has 1 aliphatic carbocycles. The van der Waals surface area contributed by atoms with Gasteiger partial charge in [-0.05, 0) is 62.4 Å². The average Bonchev–Trinajstić information content (AvgIpc) is 3.45. The number of nitrogens with zero attached hydrogens (tertiary/aromatic N) is 3. The summed E-state index contributed by atoms with van der Waals surface area (Å²) in [5.74, 6) is -1.46. The predicted molar refractivity (Wildman–Crippen MR) is 178 cm³/mol. The van der Waals surface area contributed by atoms with Gasteiger partial charge in [-0.25, -0.2) is 13.6 Å². The fourth-order valence-corrected chi connectivity index (χ4v) is 7.54. The van der Waals surface area contributed by atoms with Crippen LogP contribution < -0.4 is 5.32 Å². The highest BCUT2D eigenvalue weighted by Gasteiger charge is 2.34. The predicted octanol–water partition coefficient (Wildman–Crippen LogP) is 7.16. The van der Waals surface area contributed by atoms with E-state index in [-0.39, 0.29) is 50.5 Å². The summed E-state index contributed by atoms with van der Waals surface area (Å²) >= 11 is 7.46. The normalized spacial score (nSPS) is 19.4. The Labute approximate surface area is 277 Å². The van der Waals surface area contributed by atoms with Gasteiger partial charge in [-0.3, -0.25) is 9.79 Å². The van der Waals surface area contributed by atoms with Gasteiger partial charge in [-0.15, -0.1) is 11.3 Å². The standard InChI is InChI=1S/C34H39ClF2N4O4S/c1-38-16-17-44-18-19-45-34(43)40(2)25-6-8-26(9-7-25)41(21-22-4-3-5-24(20-22)23-12-14-39-15-13-23)33(42)32-30(35)29-27(36)10-11-28(37)31(29)46-32/h3-5,10-12,14-15,20,23,25-26,38H,6-9,13,16-19,21H2,1-2H3. The van der Waals surface area contributed by atoms with Gasteiger partial charge >= 0.3 is 6.09 Å². The van der Waals surface area contributed by atoms with E-state index in [1.165, 1.54) is 0 Å². The molecule has 12 heteroatoms. The van der Waals surface area contributed by atoms with Crippen molar-refractivity contribution in [2.75, 3.05) is 40.5 Å². The summed E-state index contributed by atoms with van der Waals surface area (Å²) in [6.45, 7) is 2.05. The van der Waals surface area contributed by atoms with E-state index in [1.54, 1.807) is 23.0 Å². The van der Waals surface area contributed by atoms with Crippen LogP contribution in [-0.4, -0.2) is 80.6 Å². The number of fused-ring (bicyclic) bond motifs is 1. The van der Waals surface area contributed by atoms with E-state index in [1.807, 2.05) is 25.4 Å². The summed E-state index contributed by atoms with van der Waals surface area (Å²) < 4.78 is 40.2. The average molecular weight is 673 g/mol. The van der Waals surface area contributed by atoms with Crippen LogP contribution in [0.3, 0.4) is 0 Å². The molecular weight excluding hydrogens is 634 g/mol. The molecule has 1 fully saturated rings. The van der Waals surface area contributed by atoms with Gasteiger partial charge in [0.05, 0.1) is 28.3 Å². The second-order valence-electron chi connectivity index (χ2n) is 11.6. The zero-order chi connectivity index (χ0) is 32.6. The quantitative estimate of drug-likeness (QED) is 0.207. The molecule has 0 radical (unpaired) electrons. The molecule has 1 aromatic heterocycles. The lowest BCUT2D eigenvalue weighted by Gasteiger charge is -2.39. The fourth-order valence-electron chi connectivity index (χ4n) is 6.04. The minimum Gasteiger partial charge on any atom is -0.447 e. The Morgan fingerprint density at radius 2 is 1.83 bits per heavy atom. The number of nitrogens with one attached hydrogen (secondary N) is 1. The SMILES string of the molecule is CNCCOCCOC(=O)N(C)C1CCC(N(Cc2cccc(C3C=CN=CC3)c2)C(=O)c2sc3c(F)ccc(F)c3c2Cl)CC1. The third kappa shape index (κ3) is 7.94. The summed E-state index contributed by atoms with van der Waals surface area (Å²) in [4.78, 5) is 34.7. The highest BCUT2D eigenvalue weighted by atomic mass is 35.5. The molecule has 3 aromatic rings. The largest absolute Gasteiger partial charge is 0.447 e. The summed E-state index contributed by atoms with van der Waals surface area (Å²) in [5, 5.41) is 2.85. The number of hydrogen-bond donors (Lipinski definition) is 1. The van der Waals surface area contributed by atoms with Crippen LogP contribution in [0.4, 0.5) is 13.6 Å². The number of ether oxygens (including phenoxy) is 2. The summed E-state index contributed by atoms with van der Waals surface area (Å²) in [6, 6.07) is 9.97. The molecule has 2 aliphatic rings. The molecule has 8 nitrogen and oxygen atoms in total. The van der Waals surface area contributed by atoms with Crippen LogP contribution >= 0.6 is 22.9 Å². The van der Waals surface area contributed by atoms with E-state index < -0.39 is 17.7 Å². The van der Waals surface area contributed by atoms with Crippen molar-refractivity contribution in [2.24, 2.45) is 4.99 Å². The Hall–Kier alpha value is -3.38. The molecular formula is C34H39ClF2N4O4S. The number of carbonyl (C=O) groups excluding carboxylic acids is 2. The fraction of sp³-hybridized carbons (Fsp3) is 0.441. The van der Waals surface area contributed by atoms with Crippen LogP contribution in [0, 0.1) is 11.6 Å². The van der Waals surface area contributed by atoms with E-state index in [0.717, 1.165) is 47.6 Å². The van der Waals surface area contributed by atoms with Crippen molar-refractivity contribution in [1.82, 2.24) is 15.1 Å². The third-order valence-corrected chi connectivity index (χ3v) is 10.3. The molecule has 2 aromatic carbocycles. The van der Waals surface area contributed by atoms with Crippen LogP contribution in [0.25, 0.3) is 10.1 Å². The molecule has 0 saturated heterocycles. The topological polar surface area (TPSA) is 83.5 Å². The molecule has 1 saturated carbocycles. The van der Waals surface area contributed by atoms with Crippen molar-refractivity contribution in [1.29, 1.82) is 0 Å². The lowest BCUT2D eigenvalue weighted by atomic mass is 9.88. The molecule has 1 atom stereocenters. The Bertz CT molecular complexity index is 1590. The van der Waals surface area contributed by atoms with E-state index in [9.17, 15) is 18.4 Å². The highest BCUT2D eigenvalue weighted by molar-refractivity contribution is 7.21. The van der Waals surface area contributed by atoms with Gasteiger partial charge in [0.2, 0.25) is 0 Å². The van der Waals surface area contributed by atoms with Crippen LogP contribution in [0.5, 0.6) is 0 Å². The number of thiophene rings is 1. The molecule has 1 N–H and O–H groups in total. The first-order chi connectivity index (χ1) is 22.3. The van der Waals surface area contributed by atoms with Crippen molar-refractivity contribution < 1.29 is 27.8 Å². The summed E-state index contributed by atoms with van der Waals surface area (Å²) in [6.07, 6.45) is 8.71. The molecule has 5 rings (SSSR count). The molecule has 1 aliphatic heterocycles. The first-order valence-corrected chi connectivity index (χ1v) is 16.7. The zero-order valence-electron chi connectivity index (χ0n) is 26.0. The number of allylic oxidation sites excluding steroid dienone is 1. The molecule has 0 bridgehead atoms. The Balaban J connectivity index is 1.33. The summed E-state index contributed by atoms with van der Waals surface area (Å²) in [7, 11) is 3.57. The number of likely N-dealkylation sites (N-methyl/N-ethyl adjacent to an activating group) is 1. The first kappa shape index (κ1) is 34.0. The number of hydrogen-bond acceptors (Lipinski definition) is 7. The van der Waals surface area contributed by atoms with Gasteiger partial charge in [-0.1, -0.05) is 41.9 Å². The van der Waals surface area contributed by atoms with Crippen LogP contribution in [0.1, 0.15) is 58.8 Å². The maximum Gasteiger partial charge on any atom is 0.409 e. The number of amides is 2. The molecule has 2 amide bonds. The van der Waals surface area contributed by atoms with Gasteiger partial charge in [0.1, 0.15) is 23.1 Å². The third-order valence-electron chi connectivity index (χ3n) is 8.63. The number of benzene rings is 2. The number of rotatable bonds is 12. The van der Waals surface area contributed by atoms with Crippen molar-refractivity contribution in [3.05, 3.63) is 81.3 Å². The van der Waals surface area contributed by atoms with E-state index in [2.05, 4.69) is 28.5 Å². The first-order valence-electron chi connectivity index (χ1n) is 15.5. The Morgan fingerprint density at radius 1 is 1.07 bits per heavy atom. The minimum atomic E-state index is -0.667. The second kappa shape index (κ2) is 15.9. The zero-order valence-corrected chi connectivity index (χ0v) is 27.6. The van der Waals surface area contributed by atoms with E-state index in [4.69, 9.17) is 21.1 Å². The monoisotopic (exact) mass is 672 g/mol. The van der Waals surface area contributed by atoms with Crippen molar-refractivity contribution in [3.63, 3.8) is 0 Å². The maximum absolute atomic E-state index is 14.7. The highest BCUT2D eigenvalue weighted by Crippen LogP contribution is 2.40. The lowest BCUT2D eigenvalue weighted by Crippen LogP contribution is -2.46. The van der Waals surface area contributed by atoms with Crippen molar-refractivity contribution >= 4 is 51.2 Å². The van der Waals surface area contributed by atoms with E-state index >= 15 is 0 Å². The van der Waals surface area contributed by atoms with Crippen molar-refractivity contribution in [3.8, 4) is 0 Å².